The highest BCUT2D eigenvalue weighted by atomic mass is 79.9. The SMILES string of the molecule is CC1(C)OC(=O)N(C2CCC(n3c(=O)[nH]c4cnccc43)CC2)[C@H]1c1ccccc1.CC1(C)OC(=O)N(C2CCC(n3c(=O)n(CC(F)F)c4cnccc43)CC2)[C@H]1c1ccccc1.FC(F)CBr. The number of carbonyl (C=O) groups excluding carboxylic acids is 2. The number of aromatic nitrogens is 6. The predicted octanol–water partition coefficient (Wildman–Crippen LogP) is 10.7. The lowest BCUT2D eigenvalue weighted by Gasteiger charge is -2.38. The van der Waals surface area contributed by atoms with Crippen molar-refractivity contribution in [2.45, 2.75) is 146 Å². The summed E-state index contributed by atoms with van der Waals surface area (Å²) in [5.41, 5.74) is 3.03. The molecule has 19 heteroatoms. The number of rotatable bonds is 9. The van der Waals surface area contributed by atoms with Crippen LogP contribution in [0, 0.1) is 0 Å². The Kier molecular flexibility index (Phi) is 14.7. The van der Waals surface area contributed by atoms with Crippen LogP contribution in [0.25, 0.3) is 22.1 Å². The molecular weight excluding hydrogens is 964 g/mol. The monoisotopic (exact) mass is 1020 g/mol. The van der Waals surface area contributed by atoms with Gasteiger partial charge >= 0.3 is 23.6 Å². The van der Waals surface area contributed by atoms with Crippen LogP contribution >= 0.6 is 15.9 Å². The molecule has 2 saturated carbocycles. The molecule has 2 atom stereocenters. The number of H-pyrrole nitrogens is 1. The van der Waals surface area contributed by atoms with E-state index in [2.05, 4.69) is 43.0 Å². The number of hydrogen-bond donors (Lipinski definition) is 1. The van der Waals surface area contributed by atoms with Crippen LogP contribution in [-0.2, 0) is 16.0 Å². The van der Waals surface area contributed by atoms with E-state index in [1.165, 1.54) is 6.20 Å². The van der Waals surface area contributed by atoms with Gasteiger partial charge in [0.15, 0.2) is 0 Å². The maximum atomic E-state index is 13.1. The van der Waals surface area contributed by atoms with Crippen molar-refractivity contribution in [3.05, 3.63) is 130 Å². The molecule has 2 aliphatic heterocycles. The zero-order valence-corrected chi connectivity index (χ0v) is 40.5. The number of amides is 2. The average molecular weight is 1020 g/mol. The Balaban J connectivity index is 0.000000171. The van der Waals surface area contributed by atoms with Gasteiger partial charge in [-0.05, 0) is 102 Å². The fraction of sp³-hybridized carbons (Fsp3) is 0.480. The van der Waals surface area contributed by atoms with Gasteiger partial charge in [-0.15, -0.1) is 0 Å². The molecule has 69 heavy (non-hydrogen) atoms. The molecule has 4 aromatic heterocycles. The quantitative estimate of drug-likeness (QED) is 0.111. The molecule has 0 bridgehead atoms. The number of halogens is 5. The van der Waals surface area contributed by atoms with Gasteiger partial charge in [-0.3, -0.25) is 33.5 Å². The standard InChI is InChI=1S/C25H28F2N4O3.C23H26N4O3.C2H3BrF2/c1-25(2)22(16-6-4-3-5-7-16)31(24(33)34-25)18-10-8-17(9-11-18)30-19-12-13-28-14-20(19)29(23(30)32)15-21(26)27;1-23(2)20(15-6-4-3-5-7-15)27(22(29)30-23)17-10-8-16(9-11-17)26-19-12-13-24-14-18(19)25-21(26)28;3-1-2(4)5/h3-7,12-14,17-18,21-22H,8-11,15H2,1-2H3;3-7,12-14,16-17,20H,8-11H2,1-2H3,(H,25,28);2H,1H2/t17?,18?,22-;16?,17?,20-;/m00./s1. The Hall–Kier alpha value is -5.98. The van der Waals surface area contributed by atoms with Gasteiger partial charge in [0.2, 0.25) is 6.43 Å². The number of fused-ring (bicyclic) bond motifs is 2. The Bertz CT molecular complexity index is 2840. The number of benzene rings is 2. The third-order valence-electron chi connectivity index (χ3n) is 13.8. The van der Waals surface area contributed by atoms with Crippen LogP contribution in [0.2, 0.25) is 0 Å². The minimum atomic E-state index is -2.63. The van der Waals surface area contributed by atoms with Crippen molar-refractivity contribution in [3.63, 3.8) is 0 Å². The normalized spacial score (nSPS) is 24.2. The number of nitrogens with zero attached hydrogens (tertiary/aromatic N) is 7. The summed E-state index contributed by atoms with van der Waals surface area (Å²) in [5, 5.41) is -0.215. The number of ether oxygens (including phenoxy) is 2. The fourth-order valence-corrected chi connectivity index (χ4v) is 11.0. The Morgan fingerprint density at radius 3 is 1.51 bits per heavy atom. The lowest BCUT2D eigenvalue weighted by atomic mass is 9.86. The first-order chi connectivity index (χ1) is 33.0. The lowest BCUT2D eigenvalue weighted by Crippen LogP contribution is -2.43. The van der Waals surface area contributed by atoms with Crippen LogP contribution in [0.3, 0.4) is 0 Å². The van der Waals surface area contributed by atoms with Gasteiger partial charge in [0.25, 0.3) is 6.43 Å². The molecule has 2 saturated heterocycles. The summed E-state index contributed by atoms with van der Waals surface area (Å²) in [6.07, 6.45) is 7.10. The first kappa shape index (κ1) is 49.4. The van der Waals surface area contributed by atoms with E-state index in [1.54, 1.807) is 29.2 Å². The van der Waals surface area contributed by atoms with Gasteiger partial charge < -0.3 is 14.5 Å². The van der Waals surface area contributed by atoms with E-state index in [4.69, 9.17) is 9.47 Å². The van der Waals surface area contributed by atoms with Gasteiger partial charge in [-0.1, -0.05) is 76.6 Å². The van der Waals surface area contributed by atoms with Crippen molar-refractivity contribution in [3.8, 4) is 0 Å². The average Bonchev–Trinajstić information content (AvgIpc) is 3.98. The van der Waals surface area contributed by atoms with E-state index in [0.29, 0.717) is 36.7 Å². The smallest absolute Gasteiger partial charge is 0.411 e. The number of nitrogens with one attached hydrogen (secondary N) is 1. The molecule has 0 radical (unpaired) electrons. The van der Waals surface area contributed by atoms with E-state index in [-0.39, 0.29) is 59.5 Å². The highest BCUT2D eigenvalue weighted by Gasteiger charge is 2.53. The summed E-state index contributed by atoms with van der Waals surface area (Å²) in [6.45, 7) is 7.16. The van der Waals surface area contributed by atoms with Crippen LogP contribution in [0.5, 0.6) is 0 Å². The molecule has 4 aliphatic rings. The van der Waals surface area contributed by atoms with Crippen LogP contribution in [0.4, 0.5) is 27.2 Å². The molecule has 1 N–H and O–H groups in total. The van der Waals surface area contributed by atoms with Gasteiger partial charge in [0, 0.05) is 36.6 Å². The number of alkyl halides is 5. The zero-order valence-electron chi connectivity index (χ0n) is 38.9. The van der Waals surface area contributed by atoms with Crippen molar-refractivity contribution < 1.29 is 36.6 Å². The largest absolute Gasteiger partial charge is 0.441 e. The molecule has 10 rings (SSSR count). The van der Waals surface area contributed by atoms with Gasteiger partial charge in [-0.25, -0.2) is 36.7 Å². The second-order valence-corrected chi connectivity index (χ2v) is 19.7. The molecule has 14 nitrogen and oxygen atoms in total. The minimum absolute atomic E-state index is 0.0255. The molecule has 4 fully saturated rings. The van der Waals surface area contributed by atoms with Gasteiger partial charge in [0.1, 0.15) is 11.2 Å². The highest BCUT2D eigenvalue weighted by molar-refractivity contribution is 9.09. The van der Waals surface area contributed by atoms with Crippen molar-refractivity contribution in [2.24, 2.45) is 0 Å². The van der Waals surface area contributed by atoms with E-state index in [0.717, 1.165) is 52.4 Å². The summed E-state index contributed by atoms with van der Waals surface area (Å²) in [5.74, 6) is 0. The van der Waals surface area contributed by atoms with Crippen molar-refractivity contribution in [1.82, 2.24) is 38.5 Å². The number of aromatic amines is 1. The van der Waals surface area contributed by atoms with Crippen molar-refractivity contribution in [2.75, 3.05) is 5.33 Å². The van der Waals surface area contributed by atoms with Crippen molar-refractivity contribution in [1.29, 1.82) is 0 Å². The molecule has 0 spiro atoms. The molecule has 6 aromatic rings. The fourth-order valence-electron chi connectivity index (χ4n) is 11.0. The summed E-state index contributed by atoms with van der Waals surface area (Å²) in [6, 6.07) is 23.3. The molecule has 6 heterocycles. The lowest BCUT2D eigenvalue weighted by molar-refractivity contribution is 0.0654. The molecule has 368 valence electrons. The van der Waals surface area contributed by atoms with E-state index in [9.17, 15) is 36.7 Å². The molecule has 0 unspecified atom stereocenters. The maximum absolute atomic E-state index is 13.1. The van der Waals surface area contributed by atoms with Crippen LogP contribution < -0.4 is 11.4 Å². The summed E-state index contributed by atoms with van der Waals surface area (Å²) in [4.78, 5) is 66.3. The number of imidazole rings is 2. The zero-order chi connectivity index (χ0) is 49.2. The second kappa shape index (κ2) is 20.5. The summed E-state index contributed by atoms with van der Waals surface area (Å²) < 4.78 is 63.9. The third kappa shape index (κ3) is 10.2. The van der Waals surface area contributed by atoms with E-state index >= 15 is 0 Å². The van der Waals surface area contributed by atoms with Crippen LogP contribution in [0.1, 0.15) is 114 Å². The van der Waals surface area contributed by atoms with Gasteiger partial charge in [-0.2, -0.15) is 0 Å². The molecule has 2 aliphatic carbocycles. The molecule has 2 aromatic carbocycles. The van der Waals surface area contributed by atoms with E-state index in [1.807, 2.05) is 96.7 Å². The highest BCUT2D eigenvalue weighted by Crippen LogP contribution is 2.47. The maximum Gasteiger partial charge on any atom is 0.411 e. The van der Waals surface area contributed by atoms with E-state index < -0.39 is 36.3 Å². The number of pyridine rings is 2. The second-order valence-electron chi connectivity index (χ2n) is 19.1. The Labute approximate surface area is 404 Å². The first-order valence-corrected chi connectivity index (χ1v) is 24.5. The third-order valence-corrected chi connectivity index (χ3v) is 14.3. The number of hydrogen-bond acceptors (Lipinski definition) is 8. The van der Waals surface area contributed by atoms with Crippen molar-refractivity contribution >= 4 is 50.2 Å². The summed E-state index contributed by atoms with van der Waals surface area (Å²) >= 11 is 2.56. The summed E-state index contributed by atoms with van der Waals surface area (Å²) in [7, 11) is 0. The number of cyclic esters (lactones) is 2. The first-order valence-electron chi connectivity index (χ1n) is 23.3. The minimum Gasteiger partial charge on any atom is -0.441 e. The predicted molar refractivity (Wildman–Crippen MR) is 256 cm³/mol. The Morgan fingerprint density at radius 1 is 0.609 bits per heavy atom. The molecule has 2 amide bonds. The van der Waals surface area contributed by atoms with Crippen LogP contribution in [-0.4, -0.2) is 92.1 Å². The van der Waals surface area contributed by atoms with Crippen LogP contribution in [0.15, 0.2) is 107 Å². The topological polar surface area (TPSA) is 150 Å². The Morgan fingerprint density at radius 2 is 1.04 bits per heavy atom. The number of carbonyl (C=O) groups is 2. The molecular formula is C50H57BrF4N8O6. The van der Waals surface area contributed by atoms with Gasteiger partial charge in [0.05, 0.1) is 58.4 Å².